The third-order valence-corrected chi connectivity index (χ3v) is 6.42. The Morgan fingerprint density at radius 3 is 2.50 bits per heavy atom. The minimum Gasteiger partial charge on any atom is -0.357 e. The van der Waals surface area contributed by atoms with Crippen molar-refractivity contribution in [2.75, 3.05) is 55.6 Å². The Bertz CT molecular complexity index is 820. The molecule has 0 unspecified atom stereocenters. The van der Waals surface area contributed by atoms with E-state index in [0.29, 0.717) is 6.54 Å². The number of guanidine groups is 1. The molecule has 0 amide bonds. The van der Waals surface area contributed by atoms with Crippen LogP contribution in [0.4, 0.5) is 10.9 Å². The van der Waals surface area contributed by atoms with E-state index in [2.05, 4.69) is 60.3 Å². The van der Waals surface area contributed by atoms with Gasteiger partial charge in [-0.3, -0.25) is 0 Å². The van der Waals surface area contributed by atoms with Crippen molar-refractivity contribution in [1.82, 2.24) is 24.6 Å². The van der Waals surface area contributed by atoms with Crippen molar-refractivity contribution < 1.29 is 0 Å². The van der Waals surface area contributed by atoms with Crippen LogP contribution >= 0.6 is 11.5 Å². The maximum atomic E-state index is 4.88. The molecule has 1 N–H and O–H groups in total. The first-order valence-corrected chi connectivity index (χ1v) is 11.8. The van der Waals surface area contributed by atoms with Gasteiger partial charge in [0.2, 0.25) is 5.13 Å². The van der Waals surface area contributed by atoms with Crippen molar-refractivity contribution in [2.45, 2.75) is 39.7 Å². The van der Waals surface area contributed by atoms with E-state index in [1.54, 1.807) is 0 Å². The monoisotopic (exact) mass is 428 g/mol. The first kappa shape index (κ1) is 20.8. The third kappa shape index (κ3) is 5.00. The molecule has 4 heterocycles. The van der Waals surface area contributed by atoms with Gasteiger partial charge >= 0.3 is 0 Å². The second kappa shape index (κ2) is 10.1. The Labute approximate surface area is 183 Å². The molecule has 2 aromatic heterocycles. The van der Waals surface area contributed by atoms with Crippen molar-refractivity contribution >= 4 is 28.4 Å². The Morgan fingerprint density at radius 2 is 1.87 bits per heavy atom. The molecule has 2 aromatic rings. The lowest BCUT2D eigenvalue weighted by atomic mass is 10.3. The summed E-state index contributed by atoms with van der Waals surface area (Å²) in [6.45, 7) is 11.7. The van der Waals surface area contributed by atoms with E-state index in [-0.39, 0.29) is 0 Å². The van der Waals surface area contributed by atoms with Gasteiger partial charge in [-0.05, 0) is 31.4 Å². The molecule has 2 fully saturated rings. The van der Waals surface area contributed by atoms with Gasteiger partial charge in [-0.25, -0.2) is 15.0 Å². The quantitative estimate of drug-likeness (QED) is 0.559. The molecule has 9 heteroatoms. The first-order chi connectivity index (χ1) is 14.8. The van der Waals surface area contributed by atoms with Gasteiger partial charge in [0, 0.05) is 70.0 Å². The summed E-state index contributed by atoms with van der Waals surface area (Å²) >= 11 is 1.51. The number of aryl methyl sites for hydroxylation is 1. The normalized spacial score (nSPS) is 17.7. The zero-order valence-corrected chi connectivity index (χ0v) is 18.9. The predicted molar refractivity (Wildman–Crippen MR) is 124 cm³/mol. The fourth-order valence-electron chi connectivity index (χ4n) is 3.86. The zero-order chi connectivity index (χ0) is 20.8. The fourth-order valence-corrected chi connectivity index (χ4v) is 4.66. The smallest absolute Gasteiger partial charge is 0.205 e. The maximum absolute atomic E-state index is 4.88. The molecule has 0 saturated carbocycles. The van der Waals surface area contributed by atoms with Gasteiger partial charge in [-0.15, -0.1) is 0 Å². The minimum absolute atomic E-state index is 0.645. The molecule has 2 aliphatic rings. The molecule has 4 rings (SSSR count). The molecule has 0 bridgehead atoms. The minimum atomic E-state index is 0.645. The molecule has 0 aliphatic carbocycles. The van der Waals surface area contributed by atoms with Crippen LogP contribution in [0.5, 0.6) is 0 Å². The van der Waals surface area contributed by atoms with E-state index < -0.39 is 0 Å². The summed E-state index contributed by atoms with van der Waals surface area (Å²) < 4.78 is 4.42. The van der Waals surface area contributed by atoms with Gasteiger partial charge in [0.1, 0.15) is 11.6 Å². The van der Waals surface area contributed by atoms with Crippen LogP contribution in [0.1, 0.15) is 38.1 Å². The SMILES string of the molecule is CCNC(=NCc1ccc(N2CCCC2)nc1)N1CCN(c2nc(CC)ns2)CC1. The number of pyridine rings is 1. The molecule has 30 heavy (non-hydrogen) atoms. The Balaban J connectivity index is 1.34. The summed E-state index contributed by atoms with van der Waals surface area (Å²) in [5, 5.41) is 4.49. The van der Waals surface area contributed by atoms with Crippen molar-refractivity contribution in [1.29, 1.82) is 0 Å². The standard InChI is InChI=1S/C21H32N8S/c1-3-18-25-21(30-26-18)29-13-11-28(12-14-29)20(22-4-2)24-16-17-7-8-19(23-15-17)27-9-5-6-10-27/h7-8,15H,3-6,9-14,16H2,1-2H3,(H,22,24). The van der Waals surface area contributed by atoms with E-state index in [4.69, 9.17) is 4.99 Å². The van der Waals surface area contributed by atoms with Gasteiger partial charge < -0.3 is 20.0 Å². The highest BCUT2D eigenvalue weighted by molar-refractivity contribution is 7.09. The molecule has 0 spiro atoms. The second-order valence-electron chi connectivity index (χ2n) is 7.71. The number of piperazine rings is 1. The van der Waals surface area contributed by atoms with Crippen molar-refractivity contribution in [3.05, 3.63) is 29.7 Å². The molecule has 2 saturated heterocycles. The van der Waals surface area contributed by atoms with Crippen LogP contribution in [0, 0.1) is 0 Å². The average Bonchev–Trinajstić information content (AvgIpc) is 3.50. The van der Waals surface area contributed by atoms with Crippen molar-refractivity contribution in [3.63, 3.8) is 0 Å². The molecule has 0 aromatic carbocycles. The molecular weight excluding hydrogens is 396 g/mol. The Morgan fingerprint density at radius 1 is 1.07 bits per heavy atom. The van der Waals surface area contributed by atoms with E-state index in [9.17, 15) is 0 Å². The Hall–Kier alpha value is -2.42. The van der Waals surface area contributed by atoms with Crippen LogP contribution in [-0.4, -0.2) is 71.0 Å². The molecule has 0 radical (unpaired) electrons. The third-order valence-electron chi connectivity index (χ3n) is 5.61. The van der Waals surface area contributed by atoms with Crippen LogP contribution in [0.25, 0.3) is 0 Å². The van der Waals surface area contributed by atoms with E-state index in [0.717, 1.165) is 80.5 Å². The molecule has 0 atom stereocenters. The van der Waals surface area contributed by atoms with Gasteiger partial charge in [-0.2, -0.15) is 4.37 Å². The predicted octanol–water partition coefficient (Wildman–Crippen LogP) is 2.38. The summed E-state index contributed by atoms with van der Waals surface area (Å²) in [4.78, 5) is 21.2. The van der Waals surface area contributed by atoms with Crippen LogP contribution < -0.4 is 15.1 Å². The van der Waals surface area contributed by atoms with Gasteiger partial charge in [-0.1, -0.05) is 13.0 Å². The first-order valence-electron chi connectivity index (χ1n) is 11.1. The maximum Gasteiger partial charge on any atom is 0.205 e. The molecular formula is C21H32N8S. The topological polar surface area (TPSA) is 72.8 Å². The van der Waals surface area contributed by atoms with Crippen LogP contribution in [0.2, 0.25) is 0 Å². The number of nitrogens with one attached hydrogen (secondary N) is 1. The number of aromatic nitrogens is 3. The summed E-state index contributed by atoms with van der Waals surface area (Å²) in [5.74, 6) is 3.01. The summed E-state index contributed by atoms with van der Waals surface area (Å²) in [5.41, 5.74) is 1.15. The highest BCUT2D eigenvalue weighted by Gasteiger charge is 2.22. The number of nitrogens with zero attached hydrogens (tertiary/aromatic N) is 7. The lowest BCUT2D eigenvalue weighted by Crippen LogP contribution is -2.52. The number of anilines is 2. The highest BCUT2D eigenvalue weighted by atomic mass is 32.1. The lowest BCUT2D eigenvalue weighted by Gasteiger charge is -2.36. The number of rotatable bonds is 6. The van der Waals surface area contributed by atoms with Gasteiger partial charge in [0.15, 0.2) is 5.96 Å². The second-order valence-corrected chi connectivity index (χ2v) is 8.44. The van der Waals surface area contributed by atoms with E-state index in [1.807, 2.05) is 6.20 Å². The van der Waals surface area contributed by atoms with E-state index in [1.165, 1.54) is 24.4 Å². The molecule has 8 nitrogen and oxygen atoms in total. The van der Waals surface area contributed by atoms with Gasteiger partial charge in [0.25, 0.3) is 0 Å². The average molecular weight is 429 g/mol. The zero-order valence-electron chi connectivity index (χ0n) is 18.0. The number of hydrogen-bond donors (Lipinski definition) is 1. The highest BCUT2D eigenvalue weighted by Crippen LogP contribution is 2.20. The lowest BCUT2D eigenvalue weighted by molar-refractivity contribution is 0.372. The fraction of sp³-hybridized carbons (Fsp3) is 0.619. The molecule has 162 valence electrons. The summed E-state index contributed by atoms with van der Waals surface area (Å²) in [6, 6.07) is 4.29. The van der Waals surface area contributed by atoms with Crippen LogP contribution in [-0.2, 0) is 13.0 Å². The van der Waals surface area contributed by atoms with Gasteiger partial charge in [0.05, 0.1) is 6.54 Å². The Kier molecular flexibility index (Phi) is 6.99. The summed E-state index contributed by atoms with van der Waals surface area (Å²) in [7, 11) is 0. The van der Waals surface area contributed by atoms with Crippen LogP contribution in [0.15, 0.2) is 23.3 Å². The summed E-state index contributed by atoms with van der Waals surface area (Å²) in [6.07, 6.45) is 5.40. The number of aliphatic imine (C=N–C) groups is 1. The molecule has 2 aliphatic heterocycles. The number of hydrogen-bond acceptors (Lipinski definition) is 7. The van der Waals surface area contributed by atoms with Crippen LogP contribution in [0.3, 0.4) is 0 Å². The van der Waals surface area contributed by atoms with Crippen molar-refractivity contribution in [3.8, 4) is 0 Å². The van der Waals surface area contributed by atoms with E-state index >= 15 is 0 Å². The van der Waals surface area contributed by atoms with Crippen molar-refractivity contribution in [2.24, 2.45) is 4.99 Å². The largest absolute Gasteiger partial charge is 0.357 e.